The van der Waals surface area contributed by atoms with Crippen molar-refractivity contribution in [2.45, 2.75) is 19.4 Å². The Morgan fingerprint density at radius 3 is 2.35 bits per heavy atom. The van der Waals surface area contributed by atoms with Gasteiger partial charge in [0.1, 0.15) is 22.5 Å². The van der Waals surface area contributed by atoms with Crippen LogP contribution in [0, 0.1) is 0 Å². The van der Waals surface area contributed by atoms with Crippen LogP contribution in [0.25, 0.3) is 16.7 Å². The normalized spacial score (nSPS) is 12.7. The van der Waals surface area contributed by atoms with Crippen LogP contribution in [-0.2, 0) is 0 Å². The van der Waals surface area contributed by atoms with Crippen molar-refractivity contribution in [3.63, 3.8) is 0 Å². The monoisotopic (exact) mass is 269 g/mol. The molecule has 0 spiro atoms. The smallest absolute Gasteiger partial charge is 0.143 e. The summed E-state index contributed by atoms with van der Waals surface area (Å²) in [6, 6.07) is 12.5. The van der Waals surface area contributed by atoms with Crippen molar-refractivity contribution in [3.8, 4) is 11.4 Å². The number of rotatable bonds is 3. The fraction of sp³-hybridized carbons (Fsp3) is 0.200. The van der Waals surface area contributed by atoms with Crippen LogP contribution >= 0.6 is 0 Å². The summed E-state index contributed by atoms with van der Waals surface area (Å²) in [5.74, 6) is 0.0809. The van der Waals surface area contributed by atoms with Crippen molar-refractivity contribution >= 4 is 11.0 Å². The number of aliphatic hydroxyl groups is 1. The standard InChI is InChI=1S/C15H15N3O2/c1-2-14(19)10-7-8-15(20)13(9-10)18-16-11-5-3-4-6-12(11)17-18/h3-9,14,19-20H,2H2,1H3. The minimum atomic E-state index is -0.556. The summed E-state index contributed by atoms with van der Waals surface area (Å²) in [6.45, 7) is 1.90. The van der Waals surface area contributed by atoms with Crippen LogP contribution in [0.5, 0.6) is 5.75 Å². The Labute approximate surface area is 116 Å². The fourth-order valence-electron chi connectivity index (χ4n) is 2.11. The first-order valence-corrected chi connectivity index (χ1v) is 6.52. The summed E-state index contributed by atoms with van der Waals surface area (Å²) < 4.78 is 0. The molecule has 102 valence electrons. The molecule has 5 heteroatoms. The van der Waals surface area contributed by atoms with E-state index in [0.717, 1.165) is 16.6 Å². The molecule has 0 fully saturated rings. The molecule has 3 rings (SSSR count). The second-order valence-corrected chi connectivity index (χ2v) is 4.65. The maximum absolute atomic E-state index is 9.99. The lowest BCUT2D eigenvalue weighted by Gasteiger charge is -2.10. The number of phenolic OH excluding ortho intramolecular Hbond substituents is 1. The molecule has 0 radical (unpaired) electrons. The first-order valence-electron chi connectivity index (χ1n) is 6.52. The van der Waals surface area contributed by atoms with E-state index in [-0.39, 0.29) is 5.75 Å². The minimum absolute atomic E-state index is 0.0809. The Balaban J connectivity index is 2.12. The first-order chi connectivity index (χ1) is 9.69. The van der Waals surface area contributed by atoms with Crippen LogP contribution in [0.4, 0.5) is 0 Å². The molecule has 1 unspecified atom stereocenters. The predicted octanol–water partition coefficient (Wildman–Crippen LogP) is 2.57. The van der Waals surface area contributed by atoms with Gasteiger partial charge < -0.3 is 10.2 Å². The lowest BCUT2D eigenvalue weighted by molar-refractivity contribution is 0.173. The van der Waals surface area contributed by atoms with E-state index in [1.54, 1.807) is 18.2 Å². The zero-order valence-electron chi connectivity index (χ0n) is 11.1. The topological polar surface area (TPSA) is 71.2 Å². The van der Waals surface area contributed by atoms with Gasteiger partial charge in [-0.2, -0.15) is 0 Å². The molecule has 0 amide bonds. The third-order valence-corrected chi connectivity index (χ3v) is 3.27. The Morgan fingerprint density at radius 1 is 1.10 bits per heavy atom. The molecule has 0 bridgehead atoms. The highest BCUT2D eigenvalue weighted by Crippen LogP contribution is 2.26. The van der Waals surface area contributed by atoms with Crippen LogP contribution in [0.1, 0.15) is 25.0 Å². The summed E-state index contributed by atoms with van der Waals surface area (Å²) in [4.78, 5) is 1.39. The average Bonchev–Trinajstić information content (AvgIpc) is 2.90. The maximum atomic E-state index is 9.99. The van der Waals surface area contributed by atoms with E-state index < -0.39 is 6.10 Å². The Bertz CT molecular complexity index is 719. The zero-order valence-corrected chi connectivity index (χ0v) is 11.1. The average molecular weight is 269 g/mol. The molecule has 1 heterocycles. The molecule has 2 aromatic carbocycles. The molecule has 0 saturated heterocycles. The molecule has 0 aliphatic rings. The summed E-state index contributed by atoms with van der Waals surface area (Å²) in [5.41, 5.74) is 2.72. The summed E-state index contributed by atoms with van der Waals surface area (Å²) in [5, 5.41) is 28.6. The number of benzene rings is 2. The van der Waals surface area contributed by atoms with Crippen molar-refractivity contribution in [3.05, 3.63) is 48.0 Å². The molecule has 2 N–H and O–H groups in total. The predicted molar refractivity (Wildman–Crippen MR) is 75.8 cm³/mol. The molecule has 1 atom stereocenters. The number of hydrogen-bond acceptors (Lipinski definition) is 4. The number of aromatic hydroxyl groups is 1. The Hall–Kier alpha value is -2.40. The maximum Gasteiger partial charge on any atom is 0.143 e. The highest BCUT2D eigenvalue weighted by atomic mass is 16.3. The van der Waals surface area contributed by atoms with E-state index >= 15 is 0 Å². The van der Waals surface area contributed by atoms with Crippen molar-refractivity contribution in [2.24, 2.45) is 0 Å². The number of fused-ring (bicyclic) bond motifs is 1. The van der Waals surface area contributed by atoms with Crippen LogP contribution in [-0.4, -0.2) is 25.2 Å². The Morgan fingerprint density at radius 2 is 1.75 bits per heavy atom. The van der Waals surface area contributed by atoms with Gasteiger partial charge in [0.05, 0.1) is 6.10 Å². The van der Waals surface area contributed by atoms with E-state index in [0.29, 0.717) is 12.1 Å². The molecular weight excluding hydrogens is 254 g/mol. The van der Waals surface area contributed by atoms with Gasteiger partial charge in [-0.05, 0) is 36.2 Å². The summed E-state index contributed by atoms with van der Waals surface area (Å²) in [7, 11) is 0. The molecule has 20 heavy (non-hydrogen) atoms. The van der Waals surface area contributed by atoms with Gasteiger partial charge in [0, 0.05) is 0 Å². The zero-order chi connectivity index (χ0) is 14.1. The minimum Gasteiger partial charge on any atom is -0.506 e. The van der Waals surface area contributed by atoms with Gasteiger partial charge in [-0.15, -0.1) is 15.0 Å². The van der Waals surface area contributed by atoms with Gasteiger partial charge in [-0.1, -0.05) is 25.1 Å². The molecule has 0 aliphatic heterocycles. The molecule has 1 aromatic heterocycles. The number of phenols is 1. The van der Waals surface area contributed by atoms with Gasteiger partial charge in [-0.3, -0.25) is 0 Å². The quantitative estimate of drug-likeness (QED) is 0.766. The number of hydrogen-bond donors (Lipinski definition) is 2. The first kappa shape index (κ1) is 12.6. The third kappa shape index (κ3) is 2.12. The van der Waals surface area contributed by atoms with Crippen molar-refractivity contribution in [2.75, 3.05) is 0 Å². The third-order valence-electron chi connectivity index (χ3n) is 3.27. The highest BCUT2D eigenvalue weighted by molar-refractivity contribution is 5.73. The largest absolute Gasteiger partial charge is 0.506 e. The van der Waals surface area contributed by atoms with Crippen LogP contribution in [0.3, 0.4) is 0 Å². The number of aromatic nitrogens is 3. The fourth-order valence-corrected chi connectivity index (χ4v) is 2.11. The second-order valence-electron chi connectivity index (χ2n) is 4.65. The van der Waals surface area contributed by atoms with Crippen molar-refractivity contribution in [1.29, 1.82) is 0 Å². The van der Waals surface area contributed by atoms with E-state index in [9.17, 15) is 10.2 Å². The van der Waals surface area contributed by atoms with Gasteiger partial charge in [0.2, 0.25) is 0 Å². The molecule has 3 aromatic rings. The van der Waals surface area contributed by atoms with Crippen molar-refractivity contribution < 1.29 is 10.2 Å². The number of aliphatic hydroxyl groups excluding tert-OH is 1. The van der Waals surface area contributed by atoms with Crippen LogP contribution in [0.15, 0.2) is 42.5 Å². The highest BCUT2D eigenvalue weighted by Gasteiger charge is 2.12. The van der Waals surface area contributed by atoms with Crippen molar-refractivity contribution in [1.82, 2.24) is 15.0 Å². The summed E-state index contributed by atoms with van der Waals surface area (Å²) >= 11 is 0. The molecule has 0 saturated carbocycles. The summed E-state index contributed by atoms with van der Waals surface area (Å²) in [6.07, 6.45) is 0.0537. The van der Waals surface area contributed by atoms with E-state index in [1.807, 2.05) is 31.2 Å². The van der Waals surface area contributed by atoms with E-state index in [4.69, 9.17) is 0 Å². The molecule has 5 nitrogen and oxygen atoms in total. The lowest BCUT2D eigenvalue weighted by atomic mass is 10.1. The van der Waals surface area contributed by atoms with Crippen LogP contribution in [0.2, 0.25) is 0 Å². The second kappa shape index (κ2) is 4.94. The van der Waals surface area contributed by atoms with Gasteiger partial charge in [-0.25, -0.2) is 0 Å². The SMILES string of the molecule is CCC(O)c1ccc(O)c(-n2nc3ccccc3n2)c1. The van der Waals surface area contributed by atoms with E-state index in [1.165, 1.54) is 4.80 Å². The van der Waals surface area contributed by atoms with Gasteiger partial charge in [0.15, 0.2) is 0 Å². The number of nitrogens with zero attached hydrogens (tertiary/aromatic N) is 3. The van der Waals surface area contributed by atoms with Gasteiger partial charge in [0.25, 0.3) is 0 Å². The lowest BCUT2D eigenvalue weighted by Crippen LogP contribution is -2.02. The van der Waals surface area contributed by atoms with E-state index in [2.05, 4.69) is 10.2 Å². The van der Waals surface area contributed by atoms with Crippen LogP contribution < -0.4 is 0 Å². The van der Waals surface area contributed by atoms with Gasteiger partial charge >= 0.3 is 0 Å². The molecular formula is C15H15N3O2. The Kier molecular flexibility index (Phi) is 3.12. The molecule has 0 aliphatic carbocycles.